The average molecular weight is 517 g/mol. The van der Waals surface area contributed by atoms with Crippen LogP contribution in [0.5, 0.6) is 5.75 Å². The summed E-state index contributed by atoms with van der Waals surface area (Å²) >= 11 is 0. The highest BCUT2D eigenvalue weighted by molar-refractivity contribution is 6.63. The third-order valence-corrected chi connectivity index (χ3v) is 7.37. The van der Waals surface area contributed by atoms with Crippen molar-refractivity contribution in [2.45, 2.75) is 91.3 Å². The second-order valence-corrected chi connectivity index (χ2v) is 13.7. The molecule has 0 radical (unpaired) electrons. The monoisotopic (exact) mass is 517 g/mol. The van der Waals surface area contributed by atoms with Crippen LogP contribution >= 0.6 is 0 Å². The maximum Gasteiger partial charge on any atom is 0.573 e. The van der Waals surface area contributed by atoms with Crippen LogP contribution < -0.4 is 15.1 Å². The Kier molecular flexibility index (Phi) is 7.37. The highest BCUT2D eigenvalue weighted by Gasteiger charge is 2.53. The molecule has 2 heterocycles. The molecule has 0 bridgehead atoms. The summed E-state index contributed by atoms with van der Waals surface area (Å²) in [6.45, 7) is 17.3. The van der Waals surface area contributed by atoms with Gasteiger partial charge in [-0.1, -0.05) is 26.8 Å². The van der Waals surface area contributed by atoms with Gasteiger partial charge in [0.1, 0.15) is 12.4 Å². The summed E-state index contributed by atoms with van der Waals surface area (Å²) in [5.41, 5.74) is -1.57. The Morgan fingerprint density at radius 1 is 1.11 bits per heavy atom. The lowest BCUT2D eigenvalue weighted by atomic mass is 9.78. The van der Waals surface area contributed by atoms with Crippen molar-refractivity contribution in [1.82, 2.24) is 0 Å². The van der Waals surface area contributed by atoms with Crippen molar-refractivity contribution in [3.63, 3.8) is 0 Å². The van der Waals surface area contributed by atoms with E-state index in [0.29, 0.717) is 0 Å². The zero-order valence-corrected chi connectivity index (χ0v) is 22.9. The summed E-state index contributed by atoms with van der Waals surface area (Å²) in [4.78, 5) is 14.1. The minimum atomic E-state index is -4.96. The fraction of sp³-hybridized carbons (Fsp3) is 0.696. The topological polar surface area (TPSA) is 66.5 Å². The van der Waals surface area contributed by atoms with Gasteiger partial charge in [-0.3, -0.25) is 4.90 Å². The molecule has 196 valence electrons. The molecule has 0 aromatic heterocycles. The van der Waals surface area contributed by atoms with Crippen molar-refractivity contribution in [3.8, 4) is 5.75 Å². The van der Waals surface area contributed by atoms with E-state index in [-0.39, 0.29) is 29.3 Å². The molecule has 3 rings (SSSR count). The number of hydrogen-bond acceptors (Lipinski definition) is 6. The molecular formula is C23H35BF3NO6Si. The molecular weight excluding hydrogens is 482 g/mol. The van der Waals surface area contributed by atoms with Crippen LogP contribution in [0.15, 0.2) is 18.2 Å². The standard InChI is InChI=1S/C23H35BF3NO6Si/c1-20(2,3)18(32-35(8)9)16-13-30-19(29)28(16)14-10-11-15(17(12-14)31-23(25,26)27)24-33-21(4,5)22(6,7)34-24/h10-12,16,18,35H,13H2,1-9H3/t16-,18?/m1/s1. The number of halogens is 3. The smallest absolute Gasteiger partial charge is 0.447 e. The fourth-order valence-corrected chi connectivity index (χ4v) is 5.35. The number of benzene rings is 1. The summed E-state index contributed by atoms with van der Waals surface area (Å²) in [6.07, 6.45) is -5.99. The van der Waals surface area contributed by atoms with E-state index < -0.39 is 51.6 Å². The summed E-state index contributed by atoms with van der Waals surface area (Å²) in [6, 6.07) is 3.65. The van der Waals surface area contributed by atoms with Gasteiger partial charge in [-0.25, -0.2) is 4.79 Å². The van der Waals surface area contributed by atoms with Crippen molar-refractivity contribution < 1.29 is 41.2 Å². The molecule has 1 amide bonds. The maximum absolute atomic E-state index is 13.4. The number of hydrogen-bond donors (Lipinski definition) is 0. The third-order valence-electron chi connectivity index (χ3n) is 6.54. The average Bonchev–Trinajstić information content (AvgIpc) is 3.13. The first-order valence-electron chi connectivity index (χ1n) is 11.7. The maximum atomic E-state index is 13.4. The molecule has 2 aliphatic rings. The molecule has 7 nitrogen and oxygen atoms in total. The van der Waals surface area contributed by atoms with Crippen molar-refractivity contribution >= 4 is 33.4 Å². The number of rotatable bonds is 6. The lowest BCUT2D eigenvalue weighted by Crippen LogP contribution is -2.51. The lowest BCUT2D eigenvalue weighted by molar-refractivity contribution is -0.274. The number of alkyl halides is 3. The van der Waals surface area contributed by atoms with E-state index in [2.05, 4.69) is 4.74 Å². The van der Waals surface area contributed by atoms with Gasteiger partial charge in [0, 0.05) is 11.5 Å². The molecule has 0 spiro atoms. The molecule has 2 atom stereocenters. The van der Waals surface area contributed by atoms with Gasteiger partial charge < -0.3 is 23.2 Å². The van der Waals surface area contributed by atoms with E-state index in [9.17, 15) is 18.0 Å². The summed E-state index contributed by atoms with van der Waals surface area (Å²) in [5, 5.41) is 0. The zero-order chi connectivity index (χ0) is 26.6. The first-order chi connectivity index (χ1) is 15.8. The zero-order valence-electron chi connectivity index (χ0n) is 21.8. The highest BCUT2D eigenvalue weighted by atomic mass is 28.3. The summed E-state index contributed by atoms with van der Waals surface area (Å²) in [7, 11) is -2.59. The Morgan fingerprint density at radius 3 is 2.17 bits per heavy atom. The lowest BCUT2D eigenvalue weighted by Gasteiger charge is -2.39. The van der Waals surface area contributed by atoms with Gasteiger partial charge in [-0.2, -0.15) is 0 Å². The molecule has 1 aromatic rings. The number of amides is 1. The van der Waals surface area contributed by atoms with Gasteiger partial charge in [0.2, 0.25) is 0 Å². The van der Waals surface area contributed by atoms with Crippen molar-refractivity contribution in [3.05, 3.63) is 18.2 Å². The number of nitrogens with zero attached hydrogens (tertiary/aromatic N) is 1. The predicted octanol–water partition coefficient (Wildman–Crippen LogP) is 4.62. The van der Waals surface area contributed by atoms with Gasteiger partial charge >= 0.3 is 19.6 Å². The first-order valence-corrected chi connectivity index (χ1v) is 14.5. The van der Waals surface area contributed by atoms with Crippen LogP contribution in [0.25, 0.3) is 0 Å². The molecule has 35 heavy (non-hydrogen) atoms. The normalized spacial score (nSPS) is 23.1. The van der Waals surface area contributed by atoms with E-state index >= 15 is 0 Å². The van der Waals surface area contributed by atoms with Gasteiger partial charge in [0.15, 0.2) is 9.04 Å². The van der Waals surface area contributed by atoms with E-state index in [1.165, 1.54) is 17.0 Å². The largest absolute Gasteiger partial charge is 0.573 e. The fourth-order valence-electron chi connectivity index (χ4n) is 4.17. The minimum absolute atomic E-state index is 0.0658. The molecule has 12 heteroatoms. The predicted molar refractivity (Wildman–Crippen MR) is 130 cm³/mol. The van der Waals surface area contributed by atoms with Crippen LogP contribution in [0.1, 0.15) is 48.5 Å². The molecule has 2 saturated heterocycles. The van der Waals surface area contributed by atoms with Crippen molar-refractivity contribution in [2.24, 2.45) is 5.41 Å². The van der Waals surface area contributed by atoms with Crippen LogP contribution in [0.4, 0.5) is 23.7 Å². The third kappa shape index (κ3) is 5.98. The molecule has 0 saturated carbocycles. The van der Waals surface area contributed by atoms with E-state index in [1.807, 2.05) is 33.9 Å². The molecule has 2 aliphatic heterocycles. The Hall–Kier alpha value is -1.76. The Bertz CT molecular complexity index is 934. The summed E-state index contributed by atoms with van der Waals surface area (Å²) < 4.78 is 68.0. The van der Waals surface area contributed by atoms with Gasteiger partial charge in [-0.15, -0.1) is 13.2 Å². The van der Waals surface area contributed by atoms with Crippen LogP contribution in [0.3, 0.4) is 0 Å². The van der Waals surface area contributed by atoms with Gasteiger partial charge in [-0.05, 0) is 52.3 Å². The second kappa shape index (κ2) is 9.28. The molecule has 2 fully saturated rings. The quantitative estimate of drug-likeness (QED) is 0.513. The van der Waals surface area contributed by atoms with Crippen LogP contribution in [-0.4, -0.2) is 58.6 Å². The van der Waals surface area contributed by atoms with Crippen LogP contribution in [0, 0.1) is 5.41 Å². The van der Waals surface area contributed by atoms with Crippen molar-refractivity contribution in [2.75, 3.05) is 11.5 Å². The second-order valence-electron chi connectivity index (χ2n) is 11.3. The van der Waals surface area contributed by atoms with Crippen LogP contribution in [-0.2, 0) is 18.5 Å². The molecule has 1 unspecified atom stereocenters. The van der Waals surface area contributed by atoms with Gasteiger partial charge in [0.25, 0.3) is 0 Å². The number of carbonyl (C=O) groups excluding carboxylic acids is 1. The van der Waals surface area contributed by atoms with E-state index in [0.717, 1.165) is 0 Å². The molecule has 0 aliphatic carbocycles. The highest BCUT2D eigenvalue weighted by Crippen LogP contribution is 2.39. The van der Waals surface area contributed by atoms with Crippen LogP contribution in [0.2, 0.25) is 13.1 Å². The number of carbonyl (C=O) groups is 1. The molecule has 0 N–H and O–H groups in total. The Labute approximate surface area is 207 Å². The number of ether oxygens (including phenoxy) is 2. The Morgan fingerprint density at radius 2 is 1.69 bits per heavy atom. The molecule has 1 aromatic carbocycles. The number of anilines is 1. The Balaban J connectivity index is 2.04. The first kappa shape index (κ1) is 27.8. The summed E-state index contributed by atoms with van der Waals surface area (Å²) in [5.74, 6) is -0.501. The minimum Gasteiger partial charge on any atom is -0.447 e. The van der Waals surface area contributed by atoms with Gasteiger partial charge in [0.05, 0.1) is 29.0 Å². The van der Waals surface area contributed by atoms with E-state index in [1.54, 1.807) is 33.8 Å². The van der Waals surface area contributed by atoms with E-state index in [4.69, 9.17) is 18.5 Å². The van der Waals surface area contributed by atoms with Crippen molar-refractivity contribution in [1.29, 1.82) is 0 Å². The SMILES string of the molecule is C[SiH](C)OC([C@H]1COC(=O)N1c1ccc(B2OC(C)(C)C(C)(C)O2)c(OC(F)(F)F)c1)C(C)(C)C. The number of cyclic esters (lactones) is 1.